The first-order chi connectivity index (χ1) is 10.1. The third kappa shape index (κ3) is 4.21. The largest absolute Gasteiger partial charge is 0.352 e. The van der Waals surface area contributed by atoms with Crippen LogP contribution < -0.4 is 16.6 Å². The lowest BCUT2D eigenvalue weighted by molar-refractivity contribution is 0.0942. The van der Waals surface area contributed by atoms with Crippen molar-refractivity contribution in [2.24, 2.45) is 17.7 Å². The van der Waals surface area contributed by atoms with Gasteiger partial charge >= 0.3 is 0 Å². The summed E-state index contributed by atoms with van der Waals surface area (Å²) in [6.07, 6.45) is 6.35. The van der Waals surface area contributed by atoms with E-state index in [9.17, 15) is 4.79 Å². The van der Waals surface area contributed by atoms with Crippen LogP contribution in [0.2, 0.25) is 0 Å². The van der Waals surface area contributed by atoms with Crippen LogP contribution in [-0.4, -0.2) is 12.5 Å². The molecule has 0 radical (unpaired) electrons. The van der Waals surface area contributed by atoms with Crippen molar-refractivity contribution >= 4 is 11.6 Å². The van der Waals surface area contributed by atoms with Gasteiger partial charge in [0.1, 0.15) is 0 Å². The van der Waals surface area contributed by atoms with Gasteiger partial charge in [-0.3, -0.25) is 10.6 Å². The first-order valence-electron chi connectivity index (χ1n) is 7.99. The Morgan fingerprint density at radius 1 is 1.24 bits per heavy atom. The smallest absolute Gasteiger partial charge is 0.253 e. The number of carbonyl (C=O) groups is 1. The molecule has 1 aliphatic carbocycles. The number of nitrogens with two attached hydrogens (primary N) is 1. The van der Waals surface area contributed by atoms with E-state index in [1.807, 2.05) is 25.1 Å². The molecule has 0 unspecified atom stereocenters. The summed E-state index contributed by atoms with van der Waals surface area (Å²) < 4.78 is 0. The lowest BCUT2D eigenvalue weighted by atomic mass is 9.81. The van der Waals surface area contributed by atoms with Crippen molar-refractivity contribution in [2.75, 3.05) is 12.0 Å². The highest BCUT2D eigenvalue weighted by atomic mass is 16.1. The molecule has 0 spiro atoms. The molecule has 1 aliphatic rings. The second kappa shape index (κ2) is 7.46. The van der Waals surface area contributed by atoms with E-state index < -0.39 is 0 Å². The number of hydrogen-bond acceptors (Lipinski definition) is 3. The molecule has 4 nitrogen and oxygen atoms in total. The standard InChI is InChI=1S/C17H27N3O/c1-3-13-5-7-14(8-6-13)11-19-17(21)15-9-4-12(2)10-16(15)20-18/h4,9-10,13-14,20H,3,5-8,11,18H2,1-2H3,(H,19,21). The van der Waals surface area contributed by atoms with Gasteiger partial charge in [-0.1, -0.05) is 32.3 Å². The summed E-state index contributed by atoms with van der Waals surface area (Å²) in [5, 5.41) is 3.06. The van der Waals surface area contributed by atoms with Gasteiger partial charge in [-0.2, -0.15) is 0 Å². The number of anilines is 1. The van der Waals surface area contributed by atoms with Crippen molar-refractivity contribution in [1.82, 2.24) is 5.32 Å². The van der Waals surface area contributed by atoms with Gasteiger partial charge in [0.2, 0.25) is 0 Å². The van der Waals surface area contributed by atoms with E-state index in [0.29, 0.717) is 17.2 Å². The number of nitrogens with one attached hydrogen (secondary N) is 2. The fraction of sp³-hybridized carbons (Fsp3) is 0.588. The Morgan fingerprint density at radius 2 is 1.90 bits per heavy atom. The van der Waals surface area contributed by atoms with Gasteiger partial charge in [0.05, 0.1) is 11.3 Å². The number of amides is 1. The molecule has 1 saturated carbocycles. The van der Waals surface area contributed by atoms with Gasteiger partial charge in [-0.15, -0.1) is 0 Å². The van der Waals surface area contributed by atoms with Crippen molar-refractivity contribution in [3.8, 4) is 0 Å². The maximum absolute atomic E-state index is 12.3. The lowest BCUT2D eigenvalue weighted by Crippen LogP contribution is -2.32. The molecule has 1 aromatic rings. The molecular weight excluding hydrogens is 262 g/mol. The second-order valence-electron chi connectivity index (χ2n) is 6.20. The Balaban J connectivity index is 1.88. The lowest BCUT2D eigenvalue weighted by Gasteiger charge is -2.27. The summed E-state index contributed by atoms with van der Waals surface area (Å²) in [5.74, 6) is 6.97. The summed E-state index contributed by atoms with van der Waals surface area (Å²) >= 11 is 0. The molecule has 21 heavy (non-hydrogen) atoms. The molecule has 0 atom stereocenters. The molecule has 116 valence electrons. The average molecular weight is 289 g/mol. The van der Waals surface area contributed by atoms with Crippen LogP contribution in [0.1, 0.15) is 54.9 Å². The third-order valence-electron chi connectivity index (χ3n) is 4.67. The van der Waals surface area contributed by atoms with E-state index in [0.717, 1.165) is 18.0 Å². The van der Waals surface area contributed by atoms with Crippen LogP contribution in [-0.2, 0) is 0 Å². The summed E-state index contributed by atoms with van der Waals surface area (Å²) in [6, 6.07) is 5.65. The zero-order valence-electron chi connectivity index (χ0n) is 13.1. The molecule has 0 aliphatic heterocycles. The van der Waals surface area contributed by atoms with Crippen molar-refractivity contribution in [2.45, 2.75) is 46.0 Å². The number of benzene rings is 1. The minimum absolute atomic E-state index is 0.0411. The highest BCUT2D eigenvalue weighted by Crippen LogP contribution is 2.30. The minimum atomic E-state index is -0.0411. The molecule has 4 heteroatoms. The summed E-state index contributed by atoms with van der Waals surface area (Å²) in [4.78, 5) is 12.3. The van der Waals surface area contributed by atoms with Crippen LogP contribution in [0.5, 0.6) is 0 Å². The van der Waals surface area contributed by atoms with Crippen LogP contribution in [0.4, 0.5) is 5.69 Å². The molecule has 0 saturated heterocycles. The van der Waals surface area contributed by atoms with E-state index in [1.54, 1.807) is 0 Å². The van der Waals surface area contributed by atoms with Gasteiger partial charge in [0.15, 0.2) is 0 Å². The Hall–Kier alpha value is -1.55. The topological polar surface area (TPSA) is 67.2 Å². The van der Waals surface area contributed by atoms with Gasteiger partial charge in [-0.05, 0) is 49.3 Å². The molecule has 1 aromatic carbocycles. The Morgan fingerprint density at radius 3 is 2.52 bits per heavy atom. The van der Waals surface area contributed by atoms with Gasteiger partial charge in [0, 0.05) is 6.54 Å². The molecular formula is C17H27N3O. The van der Waals surface area contributed by atoms with E-state index >= 15 is 0 Å². The molecule has 2 rings (SSSR count). The number of hydrogen-bond donors (Lipinski definition) is 3. The SMILES string of the molecule is CCC1CCC(CNC(=O)c2ccc(C)cc2NN)CC1. The third-order valence-corrected chi connectivity index (χ3v) is 4.67. The van der Waals surface area contributed by atoms with Crippen LogP contribution in [0.15, 0.2) is 18.2 Å². The molecule has 0 bridgehead atoms. The maximum atomic E-state index is 12.3. The van der Waals surface area contributed by atoms with Crippen LogP contribution in [0.3, 0.4) is 0 Å². The Kier molecular flexibility index (Phi) is 5.62. The fourth-order valence-electron chi connectivity index (χ4n) is 3.15. The first-order valence-corrected chi connectivity index (χ1v) is 7.99. The number of hydrazine groups is 1. The average Bonchev–Trinajstić information content (AvgIpc) is 2.52. The van der Waals surface area contributed by atoms with E-state index in [2.05, 4.69) is 17.7 Å². The number of aryl methyl sites for hydroxylation is 1. The van der Waals surface area contributed by atoms with Crippen LogP contribution in [0, 0.1) is 18.8 Å². The van der Waals surface area contributed by atoms with Crippen molar-refractivity contribution in [1.29, 1.82) is 0 Å². The molecule has 0 heterocycles. The summed E-state index contributed by atoms with van der Waals surface area (Å²) in [5.41, 5.74) is 4.99. The quantitative estimate of drug-likeness (QED) is 0.576. The number of carbonyl (C=O) groups excluding carboxylic acids is 1. The van der Waals surface area contributed by atoms with E-state index in [1.165, 1.54) is 32.1 Å². The zero-order chi connectivity index (χ0) is 15.2. The monoisotopic (exact) mass is 289 g/mol. The fourth-order valence-corrected chi connectivity index (χ4v) is 3.15. The normalized spacial score (nSPS) is 21.9. The predicted molar refractivity (Wildman–Crippen MR) is 87.1 cm³/mol. The van der Waals surface area contributed by atoms with Crippen LogP contribution in [0.25, 0.3) is 0 Å². The molecule has 1 fully saturated rings. The van der Waals surface area contributed by atoms with Crippen LogP contribution >= 0.6 is 0 Å². The summed E-state index contributed by atoms with van der Waals surface area (Å²) in [7, 11) is 0. The van der Waals surface area contributed by atoms with Gasteiger partial charge < -0.3 is 10.7 Å². The highest BCUT2D eigenvalue weighted by Gasteiger charge is 2.21. The second-order valence-corrected chi connectivity index (χ2v) is 6.20. The molecule has 1 amide bonds. The zero-order valence-corrected chi connectivity index (χ0v) is 13.1. The maximum Gasteiger partial charge on any atom is 0.253 e. The number of rotatable bonds is 5. The van der Waals surface area contributed by atoms with E-state index in [-0.39, 0.29) is 5.91 Å². The van der Waals surface area contributed by atoms with Crippen molar-refractivity contribution in [3.05, 3.63) is 29.3 Å². The number of nitrogen functional groups attached to an aromatic ring is 1. The Labute approximate surface area is 127 Å². The van der Waals surface area contributed by atoms with E-state index in [4.69, 9.17) is 5.84 Å². The van der Waals surface area contributed by atoms with Gasteiger partial charge in [-0.25, -0.2) is 0 Å². The highest BCUT2D eigenvalue weighted by molar-refractivity contribution is 5.99. The first kappa shape index (κ1) is 15.8. The van der Waals surface area contributed by atoms with Crippen molar-refractivity contribution in [3.63, 3.8) is 0 Å². The molecule has 4 N–H and O–H groups in total. The summed E-state index contributed by atoms with van der Waals surface area (Å²) in [6.45, 7) is 5.02. The molecule has 0 aromatic heterocycles. The van der Waals surface area contributed by atoms with Gasteiger partial charge in [0.25, 0.3) is 5.91 Å². The Bertz CT molecular complexity index is 479. The van der Waals surface area contributed by atoms with Crippen molar-refractivity contribution < 1.29 is 4.79 Å². The minimum Gasteiger partial charge on any atom is -0.352 e. The predicted octanol–water partition coefficient (Wildman–Crippen LogP) is 3.23.